The largest absolute Gasteiger partial charge is 0.490 e. The second-order valence-electron chi connectivity index (χ2n) is 7.98. The highest BCUT2D eigenvalue weighted by molar-refractivity contribution is 6.34. The molecule has 1 aromatic heterocycles. The maximum Gasteiger partial charge on any atom is 0.335 e. The Labute approximate surface area is 190 Å². The van der Waals surface area contributed by atoms with E-state index in [4.69, 9.17) is 32.7 Å². The fourth-order valence-corrected chi connectivity index (χ4v) is 3.33. The van der Waals surface area contributed by atoms with Crippen LogP contribution in [0.2, 0.25) is 10.0 Å². The van der Waals surface area contributed by atoms with Crippen molar-refractivity contribution in [1.82, 2.24) is 9.78 Å². The molecule has 8 heteroatoms. The number of aliphatic carboxylic acids is 1. The zero-order valence-corrected chi connectivity index (χ0v) is 18.7. The van der Waals surface area contributed by atoms with Gasteiger partial charge in [-0.25, -0.2) is 9.48 Å². The van der Waals surface area contributed by atoms with E-state index in [-0.39, 0.29) is 12.7 Å². The van der Waals surface area contributed by atoms with Crippen LogP contribution in [0.25, 0.3) is 16.9 Å². The molecule has 31 heavy (non-hydrogen) atoms. The van der Waals surface area contributed by atoms with E-state index in [1.165, 1.54) is 13.8 Å². The fraction of sp³-hybridized carbons (Fsp3) is 0.304. The monoisotopic (exact) mass is 460 g/mol. The molecule has 2 aromatic carbocycles. The summed E-state index contributed by atoms with van der Waals surface area (Å²) in [5, 5.41) is 15.0. The fourth-order valence-electron chi connectivity index (χ4n) is 2.96. The number of carbonyl (C=O) groups is 1. The van der Waals surface area contributed by atoms with Gasteiger partial charge in [0.05, 0.1) is 34.8 Å². The van der Waals surface area contributed by atoms with Crippen molar-refractivity contribution in [2.45, 2.75) is 45.0 Å². The predicted molar refractivity (Wildman–Crippen MR) is 119 cm³/mol. The lowest BCUT2D eigenvalue weighted by Gasteiger charge is -2.19. The number of ether oxygens (including phenoxy) is 2. The highest BCUT2D eigenvalue weighted by atomic mass is 35.5. The smallest absolute Gasteiger partial charge is 0.335 e. The molecule has 1 N–H and O–H groups in total. The van der Waals surface area contributed by atoms with E-state index in [1.807, 2.05) is 30.3 Å². The van der Waals surface area contributed by atoms with Gasteiger partial charge in [-0.05, 0) is 63.1 Å². The lowest BCUT2D eigenvalue weighted by Crippen LogP contribution is -2.34. The van der Waals surface area contributed by atoms with Gasteiger partial charge in [-0.2, -0.15) is 5.10 Å². The molecule has 0 unspecified atom stereocenters. The van der Waals surface area contributed by atoms with Gasteiger partial charge in [0, 0.05) is 10.6 Å². The normalized spacial score (nSPS) is 13.9. The molecule has 0 spiro atoms. The maximum atomic E-state index is 11.4. The summed E-state index contributed by atoms with van der Waals surface area (Å²) in [5.74, 6) is -0.260. The van der Waals surface area contributed by atoms with Gasteiger partial charge in [0.25, 0.3) is 0 Å². The van der Waals surface area contributed by atoms with E-state index >= 15 is 0 Å². The van der Waals surface area contributed by atoms with E-state index in [9.17, 15) is 9.90 Å². The molecule has 162 valence electrons. The van der Waals surface area contributed by atoms with Crippen molar-refractivity contribution in [2.24, 2.45) is 0 Å². The Morgan fingerprint density at radius 3 is 2.68 bits per heavy atom. The van der Waals surface area contributed by atoms with Crippen molar-refractivity contribution in [1.29, 1.82) is 0 Å². The molecule has 1 aliphatic carbocycles. The number of carboxylic acids is 1. The summed E-state index contributed by atoms with van der Waals surface area (Å²) < 4.78 is 13.2. The second kappa shape index (κ2) is 8.54. The van der Waals surface area contributed by atoms with E-state index < -0.39 is 11.6 Å². The second-order valence-corrected chi connectivity index (χ2v) is 8.82. The summed E-state index contributed by atoms with van der Waals surface area (Å²) in [7, 11) is 0. The van der Waals surface area contributed by atoms with Crippen molar-refractivity contribution in [3.8, 4) is 22.7 Å². The van der Waals surface area contributed by atoms with Crippen LogP contribution >= 0.6 is 23.2 Å². The van der Waals surface area contributed by atoms with Crippen molar-refractivity contribution in [3.63, 3.8) is 0 Å². The molecule has 0 amide bonds. The van der Waals surface area contributed by atoms with Crippen LogP contribution in [0.3, 0.4) is 0 Å². The average molecular weight is 461 g/mol. The van der Waals surface area contributed by atoms with Crippen LogP contribution in [-0.4, -0.2) is 32.6 Å². The molecule has 0 saturated heterocycles. The third-order valence-electron chi connectivity index (χ3n) is 4.95. The summed E-state index contributed by atoms with van der Waals surface area (Å²) in [6.45, 7) is 3.02. The van der Waals surface area contributed by atoms with Gasteiger partial charge in [0.2, 0.25) is 0 Å². The Balaban J connectivity index is 1.74. The predicted octanol–water partition coefficient (Wildman–Crippen LogP) is 5.77. The van der Waals surface area contributed by atoms with Crippen molar-refractivity contribution in [2.75, 3.05) is 0 Å². The van der Waals surface area contributed by atoms with Gasteiger partial charge in [0.1, 0.15) is 5.75 Å². The Kier molecular flexibility index (Phi) is 5.97. The molecule has 1 aliphatic rings. The molecule has 0 bridgehead atoms. The molecule has 4 rings (SSSR count). The Bertz CT molecular complexity index is 1120. The summed E-state index contributed by atoms with van der Waals surface area (Å²) in [5.41, 5.74) is 1.48. The minimum atomic E-state index is -1.34. The number of aromatic nitrogens is 2. The van der Waals surface area contributed by atoms with Crippen LogP contribution in [0.15, 0.2) is 48.5 Å². The van der Waals surface area contributed by atoms with Gasteiger partial charge in [0.15, 0.2) is 5.60 Å². The highest BCUT2D eigenvalue weighted by Gasteiger charge is 2.29. The summed E-state index contributed by atoms with van der Waals surface area (Å²) >= 11 is 12.7. The maximum absolute atomic E-state index is 11.4. The van der Waals surface area contributed by atoms with Crippen LogP contribution in [-0.2, 0) is 16.1 Å². The first kappa shape index (κ1) is 21.7. The topological polar surface area (TPSA) is 73.6 Å². The Morgan fingerprint density at radius 2 is 1.97 bits per heavy atom. The zero-order chi connectivity index (χ0) is 22.2. The first-order valence-corrected chi connectivity index (χ1v) is 10.7. The van der Waals surface area contributed by atoms with Crippen molar-refractivity contribution < 1.29 is 19.4 Å². The van der Waals surface area contributed by atoms with Crippen molar-refractivity contribution >= 4 is 29.2 Å². The molecule has 1 fully saturated rings. The molecular weight excluding hydrogens is 439 g/mol. The van der Waals surface area contributed by atoms with Crippen LogP contribution in [0.1, 0.15) is 32.4 Å². The number of benzene rings is 2. The Hall–Kier alpha value is -2.54. The first-order valence-electron chi connectivity index (χ1n) is 9.92. The van der Waals surface area contributed by atoms with Crippen LogP contribution in [0.5, 0.6) is 5.75 Å². The van der Waals surface area contributed by atoms with E-state index in [2.05, 4.69) is 5.10 Å². The molecule has 1 saturated carbocycles. The minimum absolute atomic E-state index is 0.0236. The highest BCUT2D eigenvalue weighted by Crippen LogP contribution is 2.33. The van der Waals surface area contributed by atoms with E-state index in [0.717, 1.165) is 29.8 Å². The third-order valence-corrected chi connectivity index (χ3v) is 5.50. The van der Waals surface area contributed by atoms with E-state index in [1.54, 1.807) is 22.9 Å². The zero-order valence-electron chi connectivity index (χ0n) is 17.1. The van der Waals surface area contributed by atoms with Gasteiger partial charge >= 0.3 is 5.97 Å². The number of hydrogen-bond donors (Lipinski definition) is 1. The van der Waals surface area contributed by atoms with Crippen LogP contribution in [0.4, 0.5) is 0 Å². The standard InChI is InChI=1S/C23H22Cl2N2O4/c1-23(2,22(28)29)30-13-16-12-20(14-4-3-5-18(10-14)31-17-7-8-17)27(26-16)21-11-15(24)6-9-19(21)25/h3-6,9-12,17H,7-8,13H2,1-2H3,(H,28,29). The Morgan fingerprint density at radius 1 is 1.19 bits per heavy atom. The quantitative estimate of drug-likeness (QED) is 0.461. The van der Waals surface area contributed by atoms with Gasteiger partial charge < -0.3 is 14.6 Å². The van der Waals surface area contributed by atoms with Gasteiger partial charge in [-0.3, -0.25) is 0 Å². The van der Waals surface area contributed by atoms with E-state index in [0.29, 0.717) is 21.4 Å². The third kappa shape index (κ3) is 5.03. The molecule has 0 radical (unpaired) electrons. The summed E-state index contributed by atoms with van der Waals surface area (Å²) in [6.07, 6.45) is 2.42. The SMILES string of the molecule is CC(C)(OCc1cc(-c2cccc(OC3CC3)c2)n(-c2cc(Cl)ccc2Cl)n1)C(=O)O. The van der Waals surface area contributed by atoms with Crippen LogP contribution in [0, 0.1) is 0 Å². The number of nitrogens with zero attached hydrogens (tertiary/aromatic N) is 2. The minimum Gasteiger partial charge on any atom is -0.490 e. The molecule has 0 aliphatic heterocycles. The molecule has 3 aromatic rings. The number of halogens is 2. The molecule has 0 atom stereocenters. The number of hydrogen-bond acceptors (Lipinski definition) is 4. The summed E-state index contributed by atoms with van der Waals surface area (Å²) in [6, 6.07) is 14.8. The number of carboxylic acid groups (broad SMARTS) is 1. The summed E-state index contributed by atoms with van der Waals surface area (Å²) in [4.78, 5) is 11.4. The first-order chi connectivity index (χ1) is 14.7. The number of rotatable bonds is 8. The van der Waals surface area contributed by atoms with Gasteiger partial charge in [-0.15, -0.1) is 0 Å². The van der Waals surface area contributed by atoms with Gasteiger partial charge in [-0.1, -0.05) is 35.3 Å². The average Bonchev–Trinajstić information content (AvgIpc) is 3.44. The lowest BCUT2D eigenvalue weighted by molar-refractivity contribution is -0.162. The molecule has 1 heterocycles. The molecular formula is C23H22Cl2N2O4. The van der Waals surface area contributed by atoms with Crippen molar-refractivity contribution in [3.05, 3.63) is 64.3 Å². The van der Waals surface area contributed by atoms with Crippen LogP contribution < -0.4 is 4.74 Å². The lowest BCUT2D eigenvalue weighted by atomic mass is 10.1. The molecule has 6 nitrogen and oxygen atoms in total.